The molecule has 1 aromatic heterocycles. The summed E-state index contributed by atoms with van der Waals surface area (Å²) in [4.78, 5) is 0. The van der Waals surface area contributed by atoms with Gasteiger partial charge >= 0.3 is 0 Å². The van der Waals surface area contributed by atoms with E-state index in [1.54, 1.807) is 14.2 Å². The number of fused-ring (bicyclic) bond motifs is 1. The summed E-state index contributed by atoms with van der Waals surface area (Å²) in [5.74, 6) is 2.81. The largest absolute Gasteiger partial charge is 0.497 e. The molecule has 4 rings (SSSR count). The summed E-state index contributed by atoms with van der Waals surface area (Å²) in [6, 6.07) is 16.3. The summed E-state index contributed by atoms with van der Waals surface area (Å²) in [5.41, 5.74) is 4.74. The van der Waals surface area contributed by atoms with Gasteiger partial charge in [-0.05, 0) is 49.1 Å². The molecule has 1 aliphatic rings. The van der Waals surface area contributed by atoms with Crippen molar-refractivity contribution in [3.05, 3.63) is 65.4 Å². The number of nitrogens with zero attached hydrogens (tertiary/aromatic N) is 2. The topological polar surface area (TPSA) is 48.3 Å². The number of para-hydroxylation sites is 2. The third kappa shape index (κ3) is 3.01. The molecular formula is C21H23N3O2. The molecule has 0 aliphatic carbocycles. The van der Waals surface area contributed by atoms with Crippen molar-refractivity contribution in [2.45, 2.75) is 19.3 Å². The number of nitrogens with one attached hydrogen (secondary N) is 1. The van der Waals surface area contributed by atoms with Gasteiger partial charge in [-0.3, -0.25) is 0 Å². The Morgan fingerprint density at radius 2 is 1.81 bits per heavy atom. The smallest absolute Gasteiger partial charge is 0.144 e. The summed E-state index contributed by atoms with van der Waals surface area (Å²) in [6.45, 7) is 0.956. The molecule has 2 aromatic carbocycles. The highest BCUT2D eigenvalue weighted by atomic mass is 16.5. The minimum absolute atomic E-state index is 0.827. The van der Waals surface area contributed by atoms with Crippen molar-refractivity contribution in [3.63, 3.8) is 0 Å². The van der Waals surface area contributed by atoms with E-state index in [1.165, 1.54) is 11.1 Å². The number of benzene rings is 2. The molecule has 0 bridgehead atoms. The van der Waals surface area contributed by atoms with Gasteiger partial charge in [-0.2, -0.15) is 5.10 Å². The highest BCUT2D eigenvalue weighted by molar-refractivity contribution is 5.60. The van der Waals surface area contributed by atoms with Crippen LogP contribution in [0.15, 0.2) is 48.5 Å². The Kier molecular flexibility index (Phi) is 4.52. The average molecular weight is 349 g/mol. The van der Waals surface area contributed by atoms with Crippen LogP contribution in [0.5, 0.6) is 11.5 Å². The second kappa shape index (κ2) is 7.12. The van der Waals surface area contributed by atoms with Gasteiger partial charge in [0, 0.05) is 12.1 Å². The van der Waals surface area contributed by atoms with Crippen LogP contribution in [0.25, 0.3) is 5.69 Å². The van der Waals surface area contributed by atoms with E-state index in [0.29, 0.717) is 0 Å². The normalized spacial score (nSPS) is 12.5. The molecule has 0 atom stereocenters. The van der Waals surface area contributed by atoms with Gasteiger partial charge in [-0.25, -0.2) is 4.68 Å². The summed E-state index contributed by atoms with van der Waals surface area (Å²) in [7, 11) is 3.39. The number of rotatable bonds is 6. The van der Waals surface area contributed by atoms with Crippen molar-refractivity contribution in [3.8, 4) is 17.2 Å². The van der Waals surface area contributed by atoms with Gasteiger partial charge < -0.3 is 14.8 Å². The molecule has 1 aliphatic heterocycles. The zero-order chi connectivity index (χ0) is 17.9. The third-order valence-corrected chi connectivity index (χ3v) is 4.86. The number of ether oxygens (including phenoxy) is 2. The molecule has 2 heterocycles. The highest BCUT2D eigenvalue weighted by Gasteiger charge is 2.23. The molecule has 26 heavy (non-hydrogen) atoms. The fourth-order valence-corrected chi connectivity index (χ4v) is 3.48. The fraction of sp³-hybridized carbons (Fsp3) is 0.286. The lowest BCUT2D eigenvalue weighted by Crippen LogP contribution is -2.06. The molecule has 0 saturated carbocycles. The third-order valence-electron chi connectivity index (χ3n) is 4.86. The van der Waals surface area contributed by atoms with Crippen LogP contribution < -0.4 is 14.8 Å². The lowest BCUT2D eigenvalue weighted by atomic mass is 10.1. The molecule has 0 unspecified atom stereocenters. The molecule has 0 saturated heterocycles. The van der Waals surface area contributed by atoms with Crippen molar-refractivity contribution >= 4 is 5.82 Å². The maximum absolute atomic E-state index is 5.52. The van der Waals surface area contributed by atoms with Crippen LogP contribution in [0.3, 0.4) is 0 Å². The first-order valence-corrected chi connectivity index (χ1v) is 8.91. The van der Waals surface area contributed by atoms with Crippen molar-refractivity contribution in [1.29, 1.82) is 0 Å². The molecule has 5 nitrogen and oxygen atoms in total. The van der Waals surface area contributed by atoms with E-state index < -0.39 is 0 Å². The molecule has 134 valence electrons. The lowest BCUT2D eigenvalue weighted by molar-refractivity contribution is 0.412. The Bertz CT molecular complexity index is 900. The van der Waals surface area contributed by atoms with Crippen molar-refractivity contribution in [1.82, 2.24) is 9.78 Å². The van der Waals surface area contributed by atoms with Crippen LogP contribution >= 0.6 is 0 Å². The highest BCUT2D eigenvalue weighted by Crippen LogP contribution is 2.32. The van der Waals surface area contributed by atoms with Crippen LogP contribution in [-0.2, 0) is 19.3 Å². The van der Waals surface area contributed by atoms with Gasteiger partial charge in [0.2, 0.25) is 0 Å². The monoisotopic (exact) mass is 349 g/mol. The predicted molar refractivity (Wildman–Crippen MR) is 103 cm³/mol. The molecule has 0 fully saturated rings. The number of methoxy groups -OCH3 is 2. The second-order valence-corrected chi connectivity index (χ2v) is 6.38. The van der Waals surface area contributed by atoms with E-state index in [-0.39, 0.29) is 0 Å². The first-order chi connectivity index (χ1) is 12.8. The number of hydrogen-bond donors (Lipinski definition) is 1. The maximum Gasteiger partial charge on any atom is 0.144 e. The van der Waals surface area contributed by atoms with Crippen molar-refractivity contribution in [2.24, 2.45) is 0 Å². The predicted octanol–water partition coefficient (Wildman–Crippen LogP) is 3.64. The second-order valence-electron chi connectivity index (χ2n) is 6.38. The summed E-state index contributed by atoms with van der Waals surface area (Å²) >= 11 is 0. The van der Waals surface area contributed by atoms with Crippen LogP contribution in [-0.4, -0.2) is 30.5 Å². The summed E-state index contributed by atoms with van der Waals surface area (Å²) < 4.78 is 12.7. The van der Waals surface area contributed by atoms with Crippen molar-refractivity contribution in [2.75, 3.05) is 26.1 Å². The van der Waals surface area contributed by atoms with E-state index in [9.17, 15) is 0 Å². The van der Waals surface area contributed by atoms with Gasteiger partial charge in [0.25, 0.3) is 0 Å². The van der Waals surface area contributed by atoms with Crippen LogP contribution in [0.2, 0.25) is 0 Å². The van der Waals surface area contributed by atoms with Gasteiger partial charge in [-0.15, -0.1) is 0 Å². The van der Waals surface area contributed by atoms with Crippen LogP contribution in [0.1, 0.15) is 16.8 Å². The quantitative estimate of drug-likeness (QED) is 0.738. The summed E-state index contributed by atoms with van der Waals surface area (Å²) in [5, 5.41) is 8.39. The molecular weight excluding hydrogens is 326 g/mol. The first kappa shape index (κ1) is 16.5. The minimum atomic E-state index is 0.827. The number of hydrogen-bond acceptors (Lipinski definition) is 4. The average Bonchev–Trinajstić information content (AvgIpc) is 3.30. The Morgan fingerprint density at radius 1 is 1.00 bits per heavy atom. The van der Waals surface area contributed by atoms with Crippen LogP contribution in [0, 0.1) is 0 Å². The van der Waals surface area contributed by atoms with E-state index in [4.69, 9.17) is 14.6 Å². The van der Waals surface area contributed by atoms with Gasteiger partial charge in [0.15, 0.2) is 0 Å². The molecule has 5 heteroatoms. The first-order valence-electron chi connectivity index (χ1n) is 8.91. The zero-order valence-electron chi connectivity index (χ0n) is 15.2. The standard InChI is InChI=1S/C21H23N3O2/c1-25-16-10-7-15(8-11-16)9-12-18-17-13-14-22-21(17)24(23-18)19-5-3-4-6-20(19)26-2/h3-8,10-11,22H,9,12-14H2,1-2H3. The molecule has 0 amide bonds. The van der Waals surface area contributed by atoms with Crippen LogP contribution in [0.4, 0.5) is 5.82 Å². The number of aryl methyl sites for hydroxylation is 2. The minimum Gasteiger partial charge on any atom is -0.497 e. The van der Waals surface area contributed by atoms with Crippen molar-refractivity contribution < 1.29 is 9.47 Å². The maximum atomic E-state index is 5.52. The Hall–Kier alpha value is -2.95. The number of anilines is 1. The SMILES string of the molecule is COc1ccc(CCc2nn(-c3ccccc3OC)c3c2CCN3)cc1. The Morgan fingerprint density at radius 3 is 2.58 bits per heavy atom. The molecule has 3 aromatic rings. The number of aromatic nitrogens is 2. The van der Waals surface area contributed by atoms with E-state index in [1.807, 2.05) is 41.1 Å². The summed E-state index contributed by atoms with van der Waals surface area (Å²) in [6.07, 6.45) is 2.89. The molecule has 1 N–H and O–H groups in total. The van der Waals surface area contributed by atoms with Gasteiger partial charge in [0.05, 0.1) is 19.9 Å². The van der Waals surface area contributed by atoms with Gasteiger partial charge in [0.1, 0.15) is 23.0 Å². The molecule has 0 spiro atoms. The van der Waals surface area contributed by atoms with E-state index in [0.717, 1.165) is 54.5 Å². The van der Waals surface area contributed by atoms with E-state index >= 15 is 0 Å². The Balaban J connectivity index is 1.61. The van der Waals surface area contributed by atoms with E-state index in [2.05, 4.69) is 17.4 Å². The lowest BCUT2D eigenvalue weighted by Gasteiger charge is -2.10. The Labute approximate surface area is 153 Å². The zero-order valence-corrected chi connectivity index (χ0v) is 15.2. The van der Waals surface area contributed by atoms with Gasteiger partial charge in [-0.1, -0.05) is 24.3 Å². The fourth-order valence-electron chi connectivity index (χ4n) is 3.48. The molecule has 0 radical (unpaired) electrons.